The Morgan fingerprint density at radius 2 is 2.25 bits per heavy atom. The van der Waals surface area contributed by atoms with Crippen LogP contribution in [0.4, 0.5) is 5.69 Å². The third-order valence-corrected chi connectivity index (χ3v) is 2.20. The molecule has 0 radical (unpaired) electrons. The van der Waals surface area contributed by atoms with Gasteiger partial charge in [0.25, 0.3) is 0 Å². The third-order valence-electron chi connectivity index (χ3n) is 1.20. The first-order valence-corrected chi connectivity index (χ1v) is 4.81. The summed E-state index contributed by atoms with van der Waals surface area (Å²) in [6.07, 6.45) is 0. The van der Waals surface area contributed by atoms with E-state index >= 15 is 0 Å². The molecule has 0 aliphatic rings. The van der Waals surface area contributed by atoms with E-state index in [9.17, 15) is 0 Å². The van der Waals surface area contributed by atoms with Crippen molar-refractivity contribution in [1.29, 1.82) is 0 Å². The predicted molar refractivity (Wildman–Crippen MR) is 61.1 cm³/mol. The van der Waals surface area contributed by atoms with Gasteiger partial charge in [0.1, 0.15) is 0 Å². The molecule has 0 aliphatic carbocycles. The van der Waals surface area contributed by atoms with Crippen LogP contribution in [-0.4, -0.2) is 5.84 Å². The van der Waals surface area contributed by atoms with E-state index in [0.29, 0.717) is 10.9 Å². The third kappa shape index (κ3) is 2.64. The molecule has 2 N–H and O–H groups in total. The minimum Gasteiger partial charge on any atom is -0.387 e. The number of amidine groups is 1. The zero-order valence-corrected chi connectivity index (χ0v) is 9.43. The first kappa shape index (κ1) is 9.80. The molecule has 64 valence electrons. The summed E-state index contributed by atoms with van der Waals surface area (Å²) in [5.41, 5.74) is 6.16. The lowest BCUT2D eigenvalue weighted by Gasteiger charge is -1.98. The molecular weight excluding hydrogens is 286 g/mol. The number of rotatable bonds is 1. The number of aliphatic imine (C=N–C) groups is 1. The molecule has 0 bridgehead atoms. The molecule has 0 fully saturated rings. The molecule has 0 unspecified atom stereocenters. The molecule has 1 aromatic carbocycles. The van der Waals surface area contributed by atoms with Crippen molar-refractivity contribution in [3.8, 4) is 0 Å². The maximum Gasteiger partial charge on any atom is 0.0965 e. The van der Waals surface area contributed by atoms with Crippen LogP contribution in [-0.2, 0) is 0 Å². The van der Waals surface area contributed by atoms with Gasteiger partial charge >= 0.3 is 0 Å². The van der Waals surface area contributed by atoms with Crippen molar-refractivity contribution in [2.75, 3.05) is 0 Å². The van der Waals surface area contributed by atoms with Crippen LogP contribution in [0.3, 0.4) is 0 Å². The van der Waals surface area contributed by atoms with E-state index in [0.717, 1.165) is 9.26 Å². The van der Waals surface area contributed by atoms with Crippen molar-refractivity contribution in [2.24, 2.45) is 10.7 Å². The summed E-state index contributed by atoms with van der Waals surface area (Å²) in [5, 5.41) is 0.625. The lowest BCUT2D eigenvalue weighted by molar-refractivity contribution is 1.44. The van der Waals surface area contributed by atoms with Crippen LogP contribution in [0, 0.1) is 3.57 Å². The van der Waals surface area contributed by atoms with Crippen LogP contribution in [0.25, 0.3) is 0 Å². The molecular formula is C8H8ClIN2. The molecule has 0 spiro atoms. The Balaban J connectivity index is 3.14. The Kier molecular flexibility index (Phi) is 3.34. The molecule has 0 aromatic heterocycles. The molecule has 2 nitrogen and oxygen atoms in total. The number of nitrogens with zero attached hydrogens (tertiary/aromatic N) is 1. The normalized spacial score (nSPS) is 11.8. The van der Waals surface area contributed by atoms with Crippen molar-refractivity contribution >= 4 is 45.7 Å². The van der Waals surface area contributed by atoms with Gasteiger partial charge < -0.3 is 5.73 Å². The summed E-state index contributed by atoms with van der Waals surface area (Å²) in [5.74, 6) is 0.513. The van der Waals surface area contributed by atoms with Gasteiger partial charge in [0.15, 0.2) is 0 Å². The number of halogens is 2. The summed E-state index contributed by atoms with van der Waals surface area (Å²) in [6, 6.07) is 5.62. The van der Waals surface area contributed by atoms with Gasteiger partial charge in [0.2, 0.25) is 0 Å². The smallest absolute Gasteiger partial charge is 0.0965 e. The summed E-state index contributed by atoms with van der Waals surface area (Å²) >= 11 is 8.07. The number of hydrogen-bond acceptors (Lipinski definition) is 1. The van der Waals surface area contributed by atoms with Gasteiger partial charge in [-0.1, -0.05) is 11.6 Å². The predicted octanol–water partition coefficient (Wildman–Crippen LogP) is 2.95. The van der Waals surface area contributed by atoms with Crippen LogP contribution < -0.4 is 5.73 Å². The molecule has 0 amide bonds. The van der Waals surface area contributed by atoms with Crippen molar-refractivity contribution < 1.29 is 0 Å². The molecule has 1 aromatic rings. The zero-order valence-electron chi connectivity index (χ0n) is 6.51. The zero-order chi connectivity index (χ0) is 9.14. The maximum atomic E-state index is 5.87. The lowest BCUT2D eigenvalue weighted by Crippen LogP contribution is -2.03. The molecule has 0 heterocycles. The van der Waals surface area contributed by atoms with E-state index in [1.807, 2.05) is 18.2 Å². The lowest BCUT2D eigenvalue weighted by atomic mass is 10.3. The van der Waals surface area contributed by atoms with Gasteiger partial charge in [0, 0.05) is 3.57 Å². The van der Waals surface area contributed by atoms with Crippen LogP contribution in [0.5, 0.6) is 0 Å². The van der Waals surface area contributed by atoms with Gasteiger partial charge in [-0.15, -0.1) is 0 Å². The highest BCUT2D eigenvalue weighted by Gasteiger charge is 1.98. The van der Waals surface area contributed by atoms with E-state index in [1.165, 1.54) is 0 Å². The van der Waals surface area contributed by atoms with Gasteiger partial charge in [-0.3, -0.25) is 0 Å². The van der Waals surface area contributed by atoms with Crippen molar-refractivity contribution in [1.82, 2.24) is 0 Å². The largest absolute Gasteiger partial charge is 0.387 e. The SMILES string of the molecule is CC(N)=Nc1cc(I)ccc1Cl. The minimum atomic E-state index is 0.513. The van der Waals surface area contributed by atoms with Crippen molar-refractivity contribution in [3.63, 3.8) is 0 Å². The molecule has 12 heavy (non-hydrogen) atoms. The van der Waals surface area contributed by atoms with Gasteiger partial charge in [-0.2, -0.15) is 0 Å². The summed E-state index contributed by atoms with van der Waals surface area (Å²) in [7, 11) is 0. The van der Waals surface area contributed by atoms with Crippen molar-refractivity contribution in [3.05, 3.63) is 26.8 Å². The molecule has 0 saturated carbocycles. The fourth-order valence-electron chi connectivity index (χ4n) is 0.761. The minimum absolute atomic E-state index is 0.513. The number of benzene rings is 1. The van der Waals surface area contributed by atoms with Crippen LogP contribution in [0.1, 0.15) is 6.92 Å². The van der Waals surface area contributed by atoms with Crippen LogP contribution in [0.15, 0.2) is 23.2 Å². The molecule has 0 aliphatic heterocycles. The van der Waals surface area contributed by atoms with Gasteiger partial charge in [-0.05, 0) is 47.7 Å². The second-order valence-corrected chi connectivity index (χ2v) is 4.00. The molecule has 0 atom stereocenters. The highest BCUT2D eigenvalue weighted by molar-refractivity contribution is 14.1. The molecule has 4 heteroatoms. The highest BCUT2D eigenvalue weighted by atomic mass is 127. The summed E-state index contributed by atoms with van der Waals surface area (Å²) < 4.78 is 1.09. The van der Waals surface area contributed by atoms with Crippen molar-refractivity contribution in [2.45, 2.75) is 6.92 Å². The summed E-state index contributed by atoms with van der Waals surface area (Å²) in [6.45, 7) is 1.73. The average molecular weight is 295 g/mol. The first-order chi connectivity index (χ1) is 5.59. The Hall–Kier alpha value is -0.290. The fraction of sp³-hybridized carbons (Fsp3) is 0.125. The quantitative estimate of drug-likeness (QED) is 0.483. The Labute approximate surface area is 90.0 Å². The Morgan fingerprint density at radius 1 is 1.58 bits per heavy atom. The maximum absolute atomic E-state index is 5.87. The average Bonchev–Trinajstić information content (AvgIpc) is 1.96. The van der Waals surface area contributed by atoms with E-state index < -0.39 is 0 Å². The molecule has 1 rings (SSSR count). The number of nitrogens with two attached hydrogens (primary N) is 1. The van der Waals surface area contributed by atoms with E-state index in [-0.39, 0.29) is 0 Å². The second-order valence-electron chi connectivity index (χ2n) is 2.35. The van der Waals surface area contributed by atoms with E-state index in [2.05, 4.69) is 27.6 Å². The fourth-order valence-corrected chi connectivity index (χ4v) is 1.40. The van der Waals surface area contributed by atoms with Gasteiger partial charge in [-0.25, -0.2) is 4.99 Å². The Morgan fingerprint density at radius 3 is 2.83 bits per heavy atom. The molecule has 0 saturated heterocycles. The van der Waals surface area contributed by atoms with Gasteiger partial charge in [0.05, 0.1) is 16.5 Å². The topological polar surface area (TPSA) is 38.4 Å². The van der Waals surface area contributed by atoms with E-state index in [4.69, 9.17) is 17.3 Å². The summed E-state index contributed by atoms with van der Waals surface area (Å²) in [4.78, 5) is 4.08. The van der Waals surface area contributed by atoms with Crippen LogP contribution in [0.2, 0.25) is 5.02 Å². The first-order valence-electron chi connectivity index (χ1n) is 3.35. The van der Waals surface area contributed by atoms with Crippen LogP contribution >= 0.6 is 34.2 Å². The highest BCUT2D eigenvalue weighted by Crippen LogP contribution is 2.26. The standard InChI is InChI=1S/C8H8ClIN2/c1-5(11)12-8-4-6(10)2-3-7(8)9/h2-4H,1H3,(H2,11,12). The second kappa shape index (κ2) is 4.09. The van der Waals surface area contributed by atoms with E-state index in [1.54, 1.807) is 6.92 Å². The number of hydrogen-bond donors (Lipinski definition) is 1. The monoisotopic (exact) mass is 294 g/mol. The Bertz CT molecular complexity index is 319.